The van der Waals surface area contributed by atoms with E-state index in [-0.39, 0.29) is 25.3 Å². The number of aliphatic hydroxyl groups excluding tert-OH is 1. The summed E-state index contributed by atoms with van der Waals surface area (Å²) in [6.07, 6.45) is 3.81. The molecule has 0 fully saturated rings. The quantitative estimate of drug-likeness (QED) is 0.311. The molecule has 0 heterocycles. The minimum atomic E-state index is -0.317. The first-order valence-electron chi connectivity index (χ1n) is 6.12. The first-order valence-corrected chi connectivity index (χ1v) is 6.12. The van der Waals surface area contributed by atoms with Gasteiger partial charge in [-0.1, -0.05) is 5.92 Å². The molecule has 0 aromatic rings. The van der Waals surface area contributed by atoms with Gasteiger partial charge in [0.2, 0.25) is 0 Å². The van der Waals surface area contributed by atoms with E-state index in [4.69, 9.17) is 14.6 Å². The second-order valence-electron chi connectivity index (χ2n) is 3.81. The van der Waals surface area contributed by atoms with Crippen molar-refractivity contribution in [2.45, 2.75) is 46.1 Å². The number of carbonyl (C=O) groups is 1. The second kappa shape index (κ2) is 10.7. The van der Waals surface area contributed by atoms with E-state index in [1.165, 1.54) is 6.92 Å². The van der Waals surface area contributed by atoms with Crippen LogP contribution in [-0.4, -0.2) is 30.4 Å². The van der Waals surface area contributed by atoms with Gasteiger partial charge in [-0.05, 0) is 32.8 Å². The molecule has 0 rings (SSSR count). The lowest BCUT2D eigenvalue weighted by atomic mass is 10.2. The summed E-state index contributed by atoms with van der Waals surface area (Å²) in [5.74, 6) is 6.11. The third-order valence-electron chi connectivity index (χ3n) is 2.10. The molecule has 102 valence electrons. The summed E-state index contributed by atoms with van der Waals surface area (Å²) in [6, 6.07) is 0. The second-order valence-corrected chi connectivity index (χ2v) is 3.81. The van der Waals surface area contributed by atoms with Gasteiger partial charge < -0.3 is 14.6 Å². The zero-order chi connectivity index (χ0) is 13.8. The summed E-state index contributed by atoms with van der Waals surface area (Å²) in [4.78, 5) is 10.7. The average molecular weight is 254 g/mol. The van der Waals surface area contributed by atoms with Crippen molar-refractivity contribution in [2.24, 2.45) is 0 Å². The smallest absolute Gasteiger partial charge is 0.302 e. The molecule has 0 aliphatic rings. The molecule has 4 nitrogen and oxygen atoms in total. The van der Waals surface area contributed by atoms with Gasteiger partial charge in [0, 0.05) is 20.0 Å². The van der Waals surface area contributed by atoms with Crippen molar-refractivity contribution in [2.75, 3.05) is 13.2 Å². The number of ether oxygens (including phenoxy) is 2. The Morgan fingerprint density at radius 2 is 2.17 bits per heavy atom. The number of hydrogen-bond donors (Lipinski definition) is 1. The Balaban J connectivity index is 4.29. The molecule has 0 saturated heterocycles. The van der Waals surface area contributed by atoms with E-state index in [0.717, 1.165) is 18.6 Å². The van der Waals surface area contributed by atoms with Gasteiger partial charge in [-0.25, -0.2) is 0 Å². The van der Waals surface area contributed by atoms with Crippen molar-refractivity contribution in [1.82, 2.24) is 0 Å². The number of aliphatic hydroxyl groups is 1. The molecule has 0 aromatic heterocycles. The van der Waals surface area contributed by atoms with Crippen LogP contribution in [0.5, 0.6) is 0 Å². The minimum absolute atomic E-state index is 0.168. The summed E-state index contributed by atoms with van der Waals surface area (Å²) in [6.45, 7) is 5.36. The predicted octanol–water partition coefficient (Wildman–Crippen LogP) is 2.02. The SMILES string of the molecule is CC#CC(C)O/C(=C/COC(C)=O)CCCCO. The van der Waals surface area contributed by atoms with E-state index in [9.17, 15) is 4.79 Å². The molecule has 1 N–H and O–H groups in total. The largest absolute Gasteiger partial charge is 0.483 e. The topological polar surface area (TPSA) is 55.8 Å². The molecule has 0 aliphatic heterocycles. The molecule has 0 aromatic carbocycles. The fourth-order valence-corrected chi connectivity index (χ4v) is 1.33. The lowest BCUT2D eigenvalue weighted by Gasteiger charge is -2.13. The van der Waals surface area contributed by atoms with Crippen LogP contribution in [0.2, 0.25) is 0 Å². The Labute approximate surface area is 109 Å². The van der Waals surface area contributed by atoms with Gasteiger partial charge in [0.1, 0.15) is 6.61 Å². The summed E-state index contributed by atoms with van der Waals surface area (Å²) < 4.78 is 10.5. The highest BCUT2D eigenvalue weighted by atomic mass is 16.5. The highest BCUT2D eigenvalue weighted by molar-refractivity contribution is 5.65. The van der Waals surface area contributed by atoms with Crippen LogP contribution in [0.3, 0.4) is 0 Å². The average Bonchev–Trinajstić information content (AvgIpc) is 2.28. The molecular formula is C14H22O4. The Kier molecular flexibility index (Phi) is 9.80. The van der Waals surface area contributed by atoms with Crippen LogP contribution >= 0.6 is 0 Å². The van der Waals surface area contributed by atoms with E-state index in [1.54, 1.807) is 13.0 Å². The third-order valence-corrected chi connectivity index (χ3v) is 2.10. The maximum absolute atomic E-state index is 10.7. The van der Waals surface area contributed by atoms with Gasteiger partial charge in [-0.15, -0.1) is 5.92 Å². The Hall–Kier alpha value is -1.47. The number of rotatable bonds is 8. The van der Waals surface area contributed by atoms with Crippen LogP contribution in [0.15, 0.2) is 11.8 Å². The van der Waals surface area contributed by atoms with Crippen LogP contribution in [0.25, 0.3) is 0 Å². The summed E-state index contributed by atoms with van der Waals surface area (Å²) >= 11 is 0. The molecule has 1 unspecified atom stereocenters. The van der Waals surface area contributed by atoms with Crippen molar-refractivity contribution in [3.63, 3.8) is 0 Å². The number of allylic oxidation sites excluding steroid dienone is 1. The van der Waals surface area contributed by atoms with E-state index >= 15 is 0 Å². The molecule has 0 saturated carbocycles. The maximum atomic E-state index is 10.7. The number of carbonyl (C=O) groups excluding carboxylic acids is 1. The highest BCUT2D eigenvalue weighted by Gasteiger charge is 2.04. The molecule has 1 atom stereocenters. The summed E-state index contributed by atoms with van der Waals surface area (Å²) in [7, 11) is 0. The van der Waals surface area contributed by atoms with E-state index in [0.29, 0.717) is 6.42 Å². The van der Waals surface area contributed by atoms with Crippen molar-refractivity contribution in [3.8, 4) is 11.8 Å². The lowest BCUT2D eigenvalue weighted by Crippen LogP contribution is -2.07. The van der Waals surface area contributed by atoms with Crippen molar-refractivity contribution in [1.29, 1.82) is 0 Å². The van der Waals surface area contributed by atoms with Gasteiger partial charge in [0.15, 0.2) is 6.10 Å². The molecule has 0 spiro atoms. The third kappa shape index (κ3) is 9.73. The van der Waals surface area contributed by atoms with Crippen molar-refractivity contribution >= 4 is 5.97 Å². The molecule has 0 aliphatic carbocycles. The molecule has 0 bridgehead atoms. The first-order chi connectivity index (χ1) is 8.60. The van der Waals surface area contributed by atoms with E-state index < -0.39 is 0 Å². The van der Waals surface area contributed by atoms with Crippen LogP contribution in [0.4, 0.5) is 0 Å². The summed E-state index contributed by atoms with van der Waals surface area (Å²) in [5.41, 5.74) is 0. The van der Waals surface area contributed by atoms with Gasteiger partial charge in [-0.2, -0.15) is 0 Å². The fourth-order valence-electron chi connectivity index (χ4n) is 1.33. The van der Waals surface area contributed by atoms with Crippen LogP contribution in [-0.2, 0) is 14.3 Å². The maximum Gasteiger partial charge on any atom is 0.302 e. The van der Waals surface area contributed by atoms with Gasteiger partial charge in [0.25, 0.3) is 0 Å². The Morgan fingerprint density at radius 3 is 2.72 bits per heavy atom. The molecule has 18 heavy (non-hydrogen) atoms. The van der Waals surface area contributed by atoms with E-state index in [2.05, 4.69) is 11.8 Å². The van der Waals surface area contributed by atoms with Crippen LogP contribution in [0.1, 0.15) is 40.0 Å². The predicted molar refractivity (Wildman–Crippen MR) is 69.6 cm³/mol. The van der Waals surface area contributed by atoms with Gasteiger partial charge in [-0.3, -0.25) is 4.79 Å². The van der Waals surface area contributed by atoms with Crippen LogP contribution in [0, 0.1) is 11.8 Å². The Morgan fingerprint density at radius 1 is 1.44 bits per heavy atom. The number of hydrogen-bond acceptors (Lipinski definition) is 4. The molecule has 0 radical (unpaired) electrons. The first kappa shape index (κ1) is 16.5. The molecule has 4 heteroatoms. The highest BCUT2D eigenvalue weighted by Crippen LogP contribution is 2.11. The summed E-state index contributed by atoms with van der Waals surface area (Å²) in [5, 5.41) is 8.74. The number of unbranched alkanes of at least 4 members (excludes halogenated alkanes) is 1. The molecular weight excluding hydrogens is 232 g/mol. The van der Waals surface area contributed by atoms with Crippen molar-refractivity contribution < 1.29 is 19.4 Å². The minimum Gasteiger partial charge on any atom is -0.483 e. The zero-order valence-corrected chi connectivity index (χ0v) is 11.4. The van der Waals surface area contributed by atoms with E-state index in [1.807, 2.05) is 6.92 Å². The lowest BCUT2D eigenvalue weighted by molar-refractivity contribution is -0.139. The van der Waals surface area contributed by atoms with Crippen LogP contribution < -0.4 is 0 Å². The standard InChI is InChI=1S/C14H22O4/c1-4-7-12(2)18-14(8-5-6-10-15)9-11-17-13(3)16/h9,12,15H,5-6,8,10-11H2,1-3H3/b14-9+. The molecule has 0 amide bonds. The Bertz CT molecular complexity index is 322. The normalized spacial score (nSPS) is 12.3. The van der Waals surface area contributed by atoms with Gasteiger partial charge in [0.05, 0.1) is 5.76 Å². The number of esters is 1. The fraction of sp³-hybridized carbons (Fsp3) is 0.643. The monoisotopic (exact) mass is 254 g/mol. The van der Waals surface area contributed by atoms with Gasteiger partial charge >= 0.3 is 5.97 Å². The zero-order valence-electron chi connectivity index (χ0n) is 11.4. The van der Waals surface area contributed by atoms with Crippen molar-refractivity contribution in [3.05, 3.63) is 11.8 Å².